The molecule has 1 saturated heterocycles. The van der Waals surface area contributed by atoms with E-state index in [0.29, 0.717) is 25.2 Å². The van der Waals surface area contributed by atoms with Gasteiger partial charge in [-0.05, 0) is 42.7 Å². The number of hydrogen-bond acceptors (Lipinski definition) is 4. The second kappa shape index (κ2) is 9.19. The first-order valence-electron chi connectivity index (χ1n) is 9.62. The standard InChI is InChI=1S/C21H25N3O4S/c1-16(25)22-15-17-9-11-18(12-10-17)21(26)23-19-7-3-4-8-20(19)29(27,28)24-13-5-2-6-14-24/h3-4,7-12H,2,5-6,13-15H2,1H3,(H,22,25)(H,23,26). The fraction of sp³-hybridized carbons (Fsp3) is 0.333. The number of hydrogen-bond donors (Lipinski definition) is 2. The summed E-state index contributed by atoms with van der Waals surface area (Å²) >= 11 is 0. The molecule has 0 bridgehead atoms. The summed E-state index contributed by atoms with van der Waals surface area (Å²) in [5, 5.41) is 5.42. The minimum atomic E-state index is -3.66. The lowest BCUT2D eigenvalue weighted by Crippen LogP contribution is -2.36. The van der Waals surface area contributed by atoms with E-state index in [1.54, 1.807) is 42.5 Å². The molecule has 0 atom stereocenters. The maximum atomic E-state index is 13.0. The van der Waals surface area contributed by atoms with Crippen LogP contribution in [-0.2, 0) is 21.4 Å². The third-order valence-corrected chi connectivity index (χ3v) is 6.78. The number of piperidine rings is 1. The highest BCUT2D eigenvalue weighted by atomic mass is 32.2. The molecule has 29 heavy (non-hydrogen) atoms. The van der Waals surface area contributed by atoms with Gasteiger partial charge in [-0.3, -0.25) is 9.59 Å². The number of amides is 2. The fourth-order valence-corrected chi connectivity index (χ4v) is 4.90. The summed E-state index contributed by atoms with van der Waals surface area (Å²) in [7, 11) is -3.66. The van der Waals surface area contributed by atoms with Crippen LogP contribution in [0.1, 0.15) is 42.1 Å². The van der Waals surface area contributed by atoms with Gasteiger partial charge in [-0.25, -0.2) is 8.42 Å². The largest absolute Gasteiger partial charge is 0.352 e. The molecular formula is C21H25N3O4S. The molecule has 0 spiro atoms. The summed E-state index contributed by atoms with van der Waals surface area (Å²) in [6.45, 7) is 2.83. The second-order valence-electron chi connectivity index (χ2n) is 7.02. The van der Waals surface area contributed by atoms with E-state index < -0.39 is 15.9 Å². The van der Waals surface area contributed by atoms with Crippen LogP contribution in [0.25, 0.3) is 0 Å². The van der Waals surface area contributed by atoms with E-state index in [4.69, 9.17) is 0 Å². The monoisotopic (exact) mass is 415 g/mol. The van der Waals surface area contributed by atoms with Crippen molar-refractivity contribution in [1.29, 1.82) is 0 Å². The van der Waals surface area contributed by atoms with Gasteiger partial charge >= 0.3 is 0 Å². The number of carbonyl (C=O) groups excluding carboxylic acids is 2. The van der Waals surface area contributed by atoms with Crippen LogP contribution in [0.5, 0.6) is 0 Å². The summed E-state index contributed by atoms with van der Waals surface area (Å²) in [5.41, 5.74) is 1.54. The molecule has 0 aliphatic carbocycles. The van der Waals surface area contributed by atoms with Gasteiger partial charge < -0.3 is 10.6 Å². The summed E-state index contributed by atoms with van der Waals surface area (Å²) in [6.07, 6.45) is 2.72. The zero-order chi connectivity index (χ0) is 20.9. The van der Waals surface area contributed by atoms with E-state index in [0.717, 1.165) is 24.8 Å². The predicted octanol–water partition coefficient (Wildman–Crippen LogP) is 2.75. The highest BCUT2D eigenvalue weighted by molar-refractivity contribution is 7.89. The molecule has 0 saturated carbocycles. The minimum Gasteiger partial charge on any atom is -0.352 e. The van der Waals surface area contributed by atoms with Crippen LogP contribution in [0.15, 0.2) is 53.4 Å². The molecule has 154 valence electrons. The Morgan fingerprint density at radius 2 is 1.62 bits per heavy atom. The third-order valence-electron chi connectivity index (χ3n) is 4.83. The number of anilines is 1. The molecule has 2 aromatic rings. The van der Waals surface area contributed by atoms with Crippen molar-refractivity contribution >= 4 is 27.5 Å². The molecular weight excluding hydrogens is 390 g/mol. The normalized spacial score (nSPS) is 14.9. The van der Waals surface area contributed by atoms with E-state index in [2.05, 4.69) is 10.6 Å². The van der Waals surface area contributed by atoms with Crippen molar-refractivity contribution in [3.63, 3.8) is 0 Å². The maximum Gasteiger partial charge on any atom is 0.255 e. The fourth-order valence-electron chi connectivity index (χ4n) is 3.23. The molecule has 1 aliphatic heterocycles. The van der Waals surface area contributed by atoms with Crippen LogP contribution in [0.2, 0.25) is 0 Å². The van der Waals surface area contributed by atoms with E-state index >= 15 is 0 Å². The summed E-state index contributed by atoms with van der Waals surface area (Å²) < 4.78 is 27.6. The Morgan fingerprint density at radius 3 is 2.28 bits per heavy atom. The average molecular weight is 416 g/mol. The molecule has 2 aromatic carbocycles. The van der Waals surface area contributed by atoms with Crippen molar-refractivity contribution in [1.82, 2.24) is 9.62 Å². The molecule has 7 nitrogen and oxygen atoms in total. The van der Waals surface area contributed by atoms with Gasteiger partial charge in [0.2, 0.25) is 15.9 Å². The first-order chi connectivity index (χ1) is 13.9. The first kappa shape index (κ1) is 21.0. The molecule has 0 radical (unpaired) electrons. The van der Waals surface area contributed by atoms with Gasteiger partial charge in [0.15, 0.2) is 0 Å². The maximum absolute atomic E-state index is 13.0. The molecule has 0 unspecified atom stereocenters. The zero-order valence-corrected chi connectivity index (χ0v) is 17.2. The van der Waals surface area contributed by atoms with E-state index in [9.17, 15) is 18.0 Å². The minimum absolute atomic E-state index is 0.109. The number of rotatable bonds is 6. The van der Waals surface area contributed by atoms with Crippen LogP contribution in [0, 0.1) is 0 Å². The van der Waals surface area contributed by atoms with Crippen molar-refractivity contribution < 1.29 is 18.0 Å². The number of carbonyl (C=O) groups is 2. The molecule has 2 N–H and O–H groups in total. The Balaban J connectivity index is 1.77. The smallest absolute Gasteiger partial charge is 0.255 e. The van der Waals surface area contributed by atoms with Crippen LogP contribution in [0.3, 0.4) is 0 Å². The highest BCUT2D eigenvalue weighted by Crippen LogP contribution is 2.27. The van der Waals surface area contributed by atoms with Gasteiger partial charge in [-0.2, -0.15) is 4.31 Å². The lowest BCUT2D eigenvalue weighted by molar-refractivity contribution is -0.119. The number of para-hydroxylation sites is 1. The quantitative estimate of drug-likeness (QED) is 0.758. The van der Waals surface area contributed by atoms with Crippen molar-refractivity contribution in [2.75, 3.05) is 18.4 Å². The van der Waals surface area contributed by atoms with Gasteiger partial charge in [0.05, 0.1) is 5.69 Å². The van der Waals surface area contributed by atoms with Crippen LogP contribution in [0.4, 0.5) is 5.69 Å². The lowest BCUT2D eigenvalue weighted by atomic mass is 10.1. The SMILES string of the molecule is CC(=O)NCc1ccc(C(=O)Nc2ccccc2S(=O)(=O)N2CCCCC2)cc1. The average Bonchev–Trinajstić information content (AvgIpc) is 2.73. The van der Waals surface area contributed by atoms with Gasteiger partial charge in [0.25, 0.3) is 5.91 Å². The summed E-state index contributed by atoms with van der Waals surface area (Å²) in [4.78, 5) is 23.8. The van der Waals surface area contributed by atoms with E-state index in [-0.39, 0.29) is 16.5 Å². The zero-order valence-electron chi connectivity index (χ0n) is 16.3. The Kier molecular flexibility index (Phi) is 6.66. The molecule has 2 amide bonds. The van der Waals surface area contributed by atoms with Crippen LogP contribution >= 0.6 is 0 Å². The number of nitrogens with one attached hydrogen (secondary N) is 2. The number of sulfonamides is 1. The number of nitrogens with zero attached hydrogens (tertiary/aromatic N) is 1. The molecule has 1 fully saturated rings. The van der Waals surface area contributed by atoms with E-state index in [1.165, 1.54) is 17.3 Å². The van der Waals surface area contributed by atoms with Crippen LogP contribution < -0.4 is 10.6 Å². The molecule has 1 heterocycles. The van der Waals surface area contributed by atoms with Crippen molar-refractivity contribution in [2.45, 2.75) is 37.6 Å². The number of benzene rings is 2. The second-order valence-corrected chi connectivity index (χ2v) is 8.93. The Labute approximate surface area is 171 Å². The van der Waals surface area contributed by atoms with Gasteiger partial charge in [0.1, 0.15) is 4.90 Å². The van der Waals surface area contributed by atoms with Gasteiger partial charge in [-0.15, -0.1) is 0 Å². The summed E-state index contributed by atoms with van der Waals surface area (Å²) in [5.74, 6) is -0.518. The van der Waals surface area contributed by atoms with E-state index in [1.807, 2.05) is 0 Å². The highest BCUT2D eigenvalue weighted by Gasteiger charge is 2.28. The molecule has 8 heteroatoms. The van der Waals surface area contributed by atoms with Crippen molar-refractivity contribution in [3.05, 3.63) is 59.7 Å². The molecule has 0 aromatic heterocycles. The predicted molar refractivity (Wildman–Crippen MR) is 111 cm³/mol. The topological polar surface area (TPSA) is 95.6 Å². The van der Waals surface area contributed by atoms with Crippen molar-refractivity contribution in [3.8, 4) is 0 Å². The summed E-state index contributed by atoms with van der Waals surface area (Å²) in [6, 6.07) is 13.3. The molecule has 3 rings (SSSR count). The first-order valence-corrected chi connectivity index (χ1v) is 11.1. The van der Waals surface area contributed by atoms with Gasteiger partial charge in [0, 0.05) is 32.1 Å². The Morgan fingerprint density at radius 1 is 0.966 bits per heavy atom. The lowest BCUT2D eigenvalue weighted by Gasteiger charge is -2.26. The Hall–Kier alpha value is -2.71. The molecule has 1 aliphatic rings. The van der Waals surface area contributed by atoms with Gasteiger partial charge in [-0.1, -0.05) is 30.7 Å². The third kappa shape index (κ3) is 5.21. The van der Waals surface area contributed by atoms with Crippen LogP contribution in [-0.4, -0.2) is 37.6 Å². The Bertz CT molecular complexity index is 981. The van der Waals surface area contributed by atoms with Crippen molar-refractivity contribution in [2.24, 2.45) is 0 Å².